The van der Waals surface area contributed by atoms with E-state index >= 15 is 0 Å². The number of benzene rings is 1. The number of ketones is 1. The SMILES string of the molecule is O=C(c1nccs1)C12Cc3cnn(-c4ccc(F)cc4)c3C=C1CCN(S(=O)(=O)c1ccc(Cl)nc1)C2. The van der Waals surface area contributed by atoms with Gasteiger partial charge in [0.1, 0.15) is 15.9 Å². The highest BCUT2D eigenvalue weighted by atomic mass is 35.5. The fraction of sp³-hybridized carbons (Fsp3) is 0.200. The molecular formula is C25H19ClFN5O3S2. The lowest BCUT2D eigenvalue weighted by molar-refractivity contribution is 0.0775. The maximum Gasteiger partial charge on any atom is 0.244 e. The monoisotopic (exact) mass is 555 g/mol. The number of nitrogens with zero attached hydrogens (tertiary/aromatic N) is 5. The highest BCUT2D eigenvalue weighted by Crippen LogP contribution is 2.47. The van der Waals surface area contributed by atoms with Gasteiger partial charge in [0.25, 0.3) is 0 Å². The van der Waals surface area contributed by atoms with Crippen LogP contribution in [0.3, 0.4) is 0 Å². The molecule has 0 radical (unpaired) electrons. The number of fused-ring (bicyclic) bond motifs is 2. The molecule has 8 nitrogen and oxygen atoms in total. The Hall–Kier alpha value is -3.25. The lowest BCUT2D eigenvalue weighted by atomic mass is 9.66. The Morgan fingerprint density at radius 2 is 1.92 bits per heavy atom. The third-order valence-corrected chi connectivity index (χ3v) is 9.68. The van der Waals surface area contributed by atoms with Crippen LogP contribution in [-0.2, 0) is 16.4 Å². The van der Waals surface area contributed by atoms with Gasteiger partial charge in [-0.3, -0.25) is 4.79 Å². The number of carbonyl (C=O) groups excluding carboxylic acids is 1. The van der Waals surface area contributed by atoms with Gasteiger partial charge in [0, 0.05) is 30.9 Å². The maximum absolute atomic E-state index is 14.0. The largest absolute Gasteiger partial charge is 0.290 e. The van der Waals surface area contributed by atoms with Crippen molar-refractivity contribution in [2.24, 2.45) is 5.41 Å². The van der Waals surface area contributed by atoms with Crippen LogP contribution in [0.5, 0.6) is 0 Å². The summed E-state index contributed by atoms with van der Waals surface area (Å²) >= 11 is 7.09. The van der Waals surface area contributed by atoms with Crippen LogP contribution in [0.2, 0.25) is 5.15 Å². The molecule has 0 spiro atoms. The molecule has 0 amide bonds. The minimum atomic E-state index is -3.93. The lowest BCUT2D eigenvalue weighted by Gasteiger charge is -2.44. The zero-order valence-corrected chi connectivity index (χ0v) is 21.6. The van der Waals surface area contributed by atoms with Crippen LogP contribution in [0, 0.1) is 11.2 Å². The topological polar surface area (TPSA) is 98.0 Å². The Balaban J connectivity index is 1.44. The number of piperidine rings is 1. The summed E-state index contributed by atoms with van der Waals surface area (Å²) in [5.41, 5.74) is 1.97. The van der Waals surface area contributed by atoms with Gasteiger partial charge < -0.3 is 0 Å². The van der Waals surface area contributed by atoms with Gasteiger partial charge in [0.2, 0.25) is 15.8 Å². The van der Waals surface area contributed by atoms with E-state index in [0.717, 1.165) is 16.8 Å². The second kappa shape index (κ2) is 8.95. The van der Waals surface area contributed by atoms with E-state index in [1.165, 1.54) is 46.1 Å². The van der Waals surface area contributed by atoms with Gasteiger partial charge >= 0.3 is 0 Å². The number of Topliss-reactive ketones (excluding diaryl/α,β-unsaturated/α-hetero) is 1. The molecule has 188 valence electrons. The lowest BCUT2D eigenvalue weighted by Crippen LogP contribution is -2.53. The van der Waals surface area contributed by atoms with Crippen molar-refractivity contribution >= 4 is 44.8 Å². The number of carbonyl (C=O) groups is 1. The second-order valence-corrected chi connectivity index (χ2v) is 12.2. The molecule has 1 aromatic carbocycles. The van der Waals surface area contributed by atoms with Gasteiger partial charge in [0.05, 0.1) is 23.0 Å². The predicted octanol–water partition coefficient (Wildman–Crippen LogP) is 4.42. The summed E-state index contributed by atoms with van der Waals surface area (Å²) in [6.07, 6.45) is 7.01. The minimum absolute atomic E-state index is 0.0156. The molecule has 6 rings (SSSR count). The summed E-state index contributed by atoms with van der Waals surface area (Å²) in [5.74, 6) is -0.566. The van der Waals surface area contributed by atoms with Crippen LogP contribution in [0.4, 0.5) is 4.39 Å². The first-order chi connectivity index (χ1) is 17.8. The summed E-state index contributed by atoms with van der Waals surface area (Å²) in [7, 11) is -3.93. The standard InChI is InChI=1S/C25H19ClFN5O3S2/c26-22-6-5-20(14-29-22)37(34,35)31-9-7-17-11-21-16(13-30-32(21)19-3-1-18(27)2-4-19)12-25(17,15-31)23(33)24-28-8-10-36-24/h1-6,8,10-11,13-14H,7,9,12,15H2. The van der Waals surface area contributed by atoms with Gasteiger partial charge in [-0.25, -0.2) is 27.5 Å². The zero-order chi connectivity index (χ0) is 25.8. The molecule has 1 unspecified atom stereocenters. The Bertz CT molecular complexity index is 1630. The average Bonchev–Trinajstić information content (AvgIpc) is 3.57. The maximum atomic E-state index is 14.0. The molecule has 1 aliphatic heterocycles. The van der Waals surface area contributed by atoms with Crippen molar-refractivity contribution in [3.05, 3.63) is 93.2 Å². The predicted molar refractivity (Wildman–Crippen MR) is 137 cm³/mol. The molecular weight excluding hydrogens is 537 g/mol. The molecule has 4 heterocycles. The fourth-order valence-electron chi connectivity index (χ4n) is 5.01. The van der Waals surface area contributed by atoms with Crippen molar-refractivity contribution in [1.29, 1.82) is 0 Å². The van der Waals surface area contributed by atoms with Crippen LogP contribution in [0.25, 0.3) is 11.8 Å². The molecule has 3 aromatic heterocycles. The van der Waals surface area contributed by atoms with Crippen LogP contribution < -0.4 is 0 Å². The van der Waals surface area contributed by atoms with Gasteiger partial charge in [-0.05, 0) is 60.9 Å². The van der Waals surface area contributed by atoms with Crippen molar-refractivity contribution in [3.63, 3.8) is 0 Å². The van der Waals surface area contributed by atoms with E-state index in [0.29, 0.717) is 17.1 Å². The molecule has 0 bridgehead atoms. The average molecular weight is 556 g/mol. The second-order valence-electron chi connectivity index (χ2n) is 8.94. The molecule has 0 saturated carbocycles. The summed E-state index contributed by atoms with van der Waals surface area (Å²) in [6, 6.07) is 8.85. The van der Waals surface area contributed by atoms with E-state index in [2.05, 4.69) is 15.1 Å². The molecule has 1 aliphatic carbocycles. The number of pyridine rings is 1. The molecule has 4 aromatic rings. The van der Waals surface area contributed by atoms with Crippen LogP contribution in [0.1, 0.15) is 27.5 Å². The molecule has 0 N–H and O–H groups in total. The smallest absolute Gasteiger partial charge is 0.244 e. The van der Waals surface area contributed by atoms with E-state index in [-0.39, 0.29) is 41.2 Å². The van der Waals surface area contributed by atoms with E-state index in [1.54, 1.807) is 34.6 Å². The number of rotatable bonds is 5. The van der Waals surface area contributed by atoms with Crippen molar-refractivity contribution in [2.75, 3.05) is 13.1 Å². The highest BCUT2D eigenvalue weighted by molar-refractivity contribution is 7.89. The van der Waals surface area contributed by atoms with Gasteiger partial charge in [-0.2, -0.15) is 9.40 Å². The number of hydrogen-bond acceptors (Lipinski definition) is 7. The number of sulfonamides is 1. The van der Waals surface area contributed by atoms with Gasteiger partial charge in [-0.1, -0.05) is 17.2 Å². The normalized spacial score (nSPS) is 19.7. The third kappa shape index (κ3) is 4.02. The van der Waals surface area contributed by atoms with Gasteiger partial charge in [-0.15, -0.1) is 11.3 Å². The first-order valence-electron chi connectivity index (χ1n) is 11.4. The first-order valence-corrected chi connectivity index (χ1v) is 14.1. The Labute approximate surface area is 221 Å². The molecule has 2 aliphatic rings. The summed E-state index contributed by atoms with van der Waals surface area (Å²) in [5, 5.41) is 6.75. The van der Waals surface area contributed by atoms with Crippen molar-refractivity contribution < 1.29 is 17.6 Å². The van der Waals surface area contributed by atoms with Crippen molar-refractivity contribution in [3.8, 4) is 5.69 Å². The van der Waals surface area contributed by atoms with E-state index in [1.807, 2.05) is 6.08 Å². The van der Waals surface area contributed by atoms with E-state index in [4.69, 9.17) is 11.6 Å². The minimum Gasteiger partial charge on any atom is -0.290 e. The summed E-state index contributed by atoms with van der Waals surface area (Å²) < 4.78 is 43.6. The molecule has 1 atom stereocenters. The summed E-state index contributed by atoms with van der Waals surface area (Å²) in [4.78, 5) is 22.2. The Morgan fingerprint density at radius 3 is 2.62 bits per heavy atom. The summed E-state index contributed by atoms with van der Waals surface area (Å²) in [6.45, 7) is 0.160. The molecule has 1 saturated heterocycles. The van der Waals surface area contributed by atoms with E-state index in [9.17, 15) is 17.6 Å². The Morgan fingerprint density at radius 1 is 1.11 bits per heavy atom. The highest BCUT2D eigenvalue weighted by Gasteiger charge is 2.51. The van der Waals surface area contributed by atoms with Crippen LogP contribution >= 0.6 is 22.9 Å². The molecule has 37 heavy (non-hydrogen) atoms. The number of thiazole rings is 1. The molecule has 12 heteroatoms. The quantitative estimate of drug-likeness (QED) is 0.267. The van der Waals surface area contributed by atoms with Crippen molar-refractivity contribution in [1.82, 2.24) is 24.1 Å². The van der Waals surface area contributed by atoms with Crippen molar-refractivity contribution in [2.45, 2.75) is 17.7 Å². The van der Waals surface area contributed by atoms with Gasteiger partial charge in [0.15, 0.2) is 5.01 Å². The number of hydrogen-bond donors (Lipinski definition) is 0. The van der Waals surface area contributed by atoms with E-state index < -0.39 is 15.4 Å². The Kier molecular flexibility index (Phi) is 5.83. The number of aromatic nitrogens is 4. The van der Waals surface area contributed by atoms with Crippen LogP contribution in [0.15, 0.2) is 70.8 Å². The number of halogens is 2. The first kappa shape index (κ1) is 24.1. The third-order valence-electron chi connectivity index (χ3n) is 6.85. The molecule has 1 fully saturated rings. The fourth-order valence-corrected chi connectivity index (χ4v) is 7.25. The zero-order valence-electron chi connectivity index (χ0n) is 19.2. The van der Waals surface area contributed by atoms with Crippen LogP contribution in [-0.4, -0.2) is 51.3 Å².